The van der Waals surface area contributed by atoms with E-state index in [1.54, 1.807) is 7.11 Å². The minimum absolute atomic E-state index is 0. The minimum Gasteiger partial charge on any atom is -0.497 e. The Morgan fingerprint density at radius 3 is 2.72 bits per heavy atom. The number of halogens is 1. The van der Waals surface area contributed by atoms with E-state index in [1.807, 2.05) is 46.0 Å². The molecule has 138 valence electrons. The Hall–Kier alpha value is -1.72. The number of carbonyl (C=O) groups is 1. The Kier molecular flexibility index (Phi) is 5.69. The summed E-state index contributed by atoms with van der Waals surface area (Å²) in [6.45, 7) is 7.31. The Morgan fingerprint density at radius 1 is 1.36 bits per heavy atom. The SMILES string of the molecule is COc1ccc2c(c1)C1=C[C@@H](C(=O)NC(C)(C)C)CN(C)[C@H]1CO2.Cl. The van der Waals surface area contributed by atoms with Crippen LogP contribution in [-0.2, 0) is 4.79 Å². The number of likely N-dealkylation sites (N-methyl/N-ethyl adjacent to an activating group) is 1. The maximum Gasteiger partial charge on any atom is 0.228 e. The zero-order valence-corrected chi connectivity index (χ0v) is 16.3. The summed E-state index contributed by atoms with van der Waals surface area (Å²) >= 11 is 0. The fourth-order valence-electron chi connectivity index (χ4n) is 3.32. The van der Waals surface area contributed by atoms with E-state index < -0.39 is 0 Å². The number of hydrogen-bond acceptors (Lipinski definition) is 4. The van der Waals surface area contributed by atoms with Crippen molar-refractivity contribution in [2.75, 3.05) is 27.3 Å². The minimum atomic E-state index is -0.234. The van der Waals surface area contributed by atoms with Crippen molar-refractivity contribution in [3.05, 3.63) is 29.8 Å². The molecule has 0 aromatic heterocycles. The number of amides is 1. The molecule has 1 aromatic carbocycles. The van der Waals surface area contributed by atoms with E-state index in [4.69, 9.17) is 9.47 Å². The van der Waals surface area contributed by atoms with Crippen LogP contribution in [0.4, 0.5) is 0 Å². The predicted octanol–water partition coefficient (Wildman–Crippen LogP) is 2.74. The molecule has 2 aliphatic heterocycles. The van der Waals surface area contributed by atoms with Gasteiger partial charge in [-0.3, -0.25) is 9.69 Å². The van der Waals surface area contributed by atoms with Crippen LogP contribution in [-0.4, -0.2) is 49.7 Å². The van der Waals surface area contributed by atoms with E-state index in [1.165, 1.54) is 0 Å². The van der Waals surface area contributed by atoms with Gasteiger partial charge < -0.3 is 14.8 Å². The molecular weight excluding hydrogens is 340 g/mol. The molecule has 0 bridgehead atoms. The van der Waals surface area contributed by atoms with Crippen LogP contribution in [0.15, 0.2) is 24.3 Å². The summed E-state index contributed by atoms with van der Waals surface area (Å²) in [5.74, 6) is 1.54. The van der Waals surface area contributed by atoms with Gasteiger partial charge in [0.25, 0.3) is 0 Å². The maximum absolute atomic E-state index is 12.6. The molecule has 0 aliphatic carbocycles. The Balaban J connectivity index is 0.00000225. The zero-order chi connectivity index (χ0) is 17.5. The van der Waals surface area contributed by atoms with Crippen LogP contribution in [0.3, 0.4) is 0 Å². The molecule has 2 atom stereocenters. The summed E-state index contributed by atoms with van der Waals surface area (Å²) in [7, 11) is 3.70. The third kappa shape index (κ3) is 4.10. The second-order valence-corrected chi connectivity index (χ2v) is 7.60. The van der Waals surface area contributed by atoms with E-state index in [-0.39, 0.29) is 35.8 Å². The number of carbonyl (C=O) groups excluding carboxylic acids is 1. The van der Waals surface area contributed by atoms with Gasteiger partial charge in [0, 0.05) is 17.6 Å². The van der Waals surface area contributed by atoms with Crippen LogP contribution in [0.1, 0.15) is 26.3 Å². The van der Waals surface area contributed by atoms with Gasteiger partial charge >= 0.3 is 0 Å². The highest BCUT2D eigenvalue weighted by atomic mass is 35.5. The molecule has 1 N–H and O–H groups in total. The molecule has 0 fully saturated rings. The summed E-state index contributed by atoms with van der Waals surface area (Å²) in [5, 5.41) is 3.09. The molecule has 0 saturated carbocycles. The van der Waals surface area contributed by atoms with Gasteiger partial charge in [0.15, 0.2) is 0 Å². The highest BCUT2D eigenvalue weighted by molar-refractivity contribution is 5.87. The number of nitrogens with one attached hydrogen (secondary N) is 1. The normalized spacial score (nSPS) is 22.5. The first kappa shape index (κ1) is 19.6. The Bertz CT molecular complexity index is 682. The summed E-state index contributed by atoms with van der Waals surface area (Å²) < 4.78 is 11.3. The van der Waals surface area contributed by atoms with Crippen molar-refractivity contribution >= 4 is 23.9 Å². The molecular formula is C19H27ClN2O3. The first-order valence-electron chi connectivity index (χ1n) is 8.33. The lowest BCUT2D eigenvalue weighted by Gasteiger charge is -2.40. The van der Waals surface area contributed by atoms with E-state index in [2.05, 4.69) is 16.3 Å². The zero-order valence-electron chi connectivity index (χ0n) is 15.5. The lowest BCUT2D eigenvalue weighted by molar-refractivity contribution is -0.125. The molecule has 0 unspecified atom stereocenters. The number of benzene rings is 1. The van der Waals surface area contributed by atoms with Gasteiger partial charge in [0.2, 0.25) is 5.91 Å². The van der Waals surface area contributed by atoms with E-state index in [0.29, 0.717) is 13.2 Å². The standard InChI is InChI=1S/C19H26N2O3.ClH/c1-19(2,3)20-18(22)12-8-14-15-9-13(23-5)6-7-17(15)24-11-16(14)21(4)10-12;/h6-9,12,16H,10-11H2,1-5H3,(H,20,22);1H/t12-,16+;/m1./s1. The molecule has 25 heavy (non-hydrogen) atoms. The van der Waals surface area contributed by atoms with Crippen molar-refractivity contribution in [2.45, 2.75) is 32.4 Å². The van der Waals surface area contributed by atoms with E-state index >= 15 is 0 Å². The average molecular weight is 367 g/mol. The van der Waals surface area contributed by atoms with Crippen molar-refractivity contribution in [2.24, 2.45) is 5.92 Å². The van der Waals surface area contributed by atoms with Crippen molar-refractivity contribution in [3.63, 3.8) is 0 Å². The molecule has 5 nitrogen and oxygen atoms in total. The first-order valence-corrected chi connectivity index (χ1v) is 8.33. The van der Waals surface area contributed by atoms with Gasteiger partial charge in [-0.25, -0.2) is 0 Å². The average Bonchev–Trinajstić information content (AvgIpc) is 2.52. The Morgan fingerprint density at radius 2 is 2.08 bits per heavy atom. The van der Waals surface area contributed by atoms with Gasteiger partial charge in [-0.2, -0.15) is 0 Å². The molecule has 0 spiro atoms. The first-order chi connectivity index (χ1) is 11.3. The highest BCUT2D eigenvalue weighted by Crippen LogP contribution is 2.40. The number of rotatable bonds is 2. The van der Waals surface area contributed by atoms with Crippen molar-refractivity contribution in [3.8, 4) is 11.5 Å². The highest BCUT2D eigenvalue weighted by Gasteiger charge is 2.36. The van der Waals surface area contributed by atoms with Crippen LogP contribution >= 0.6 is 12.4 Å². The van der Waals surface area contributed by atoms with Crippen LogP contribution in [0.25, 0.3) is 5.57 Å². The van der Waals surface area contributed by atoms with E-state index in [0.717, 1.165) is 22.6 Å². The smallest absolute Gasteiger partial charge is 0.228 e. The molecule has 2 aliphatic rings. The molecule has 2 heterocycles. The van der Waals surface area contributed by atoms with Crippen LogP contribution in [0.5, 0.6) is 11.5 Å². The molecule has 6 heteroatoms. The molecule has 0 saturated heterocycles. The molecule has 1 amide bonds. The second kappa shape index (κ2) is 7.26. The largest absolute Gasteiger partial charge is 0.497 e. The topological polar surface area (TPSA) is 50.8 Å². The summed E-state index contributed by atoms with van der Waals surface area (Å²) in [6, 6.07) is 5.99. The van der Waals surface area contributed by atoms with E-state index in [9.17, 15) is 4.79 Å². The van der Waals surface area contributed by atoms with Crippen LogP contribution in [0, 0.1) is 5.92 Å². The fourth-order valence-corrected chi connectivity index (χ4v) is 3.32. The summed E-state index contributed by atoms with van der Waals surface area (Å²) in [4.78, 5) is 14.8. The van der Waals surface area contributed by atoms with Crippen LogP contribution in [0.2, 0.25) is 0 Å². The number of hydrogen-bond donors (Lipinski definition) is 1. The summed E-state index contributed by atoms with van der Waals surface area (Å²) in [6.07, 6.45) is 2.10. The van der Waals surface area contributed by atoms with Crippen molar-refractivity contribution in [1.29, 1.82) is 0 Å². The van der Waals surface area contributed by atoms with Gasteiger partial charge in [0.1, 0.15) is 18.1 Å². The quantitative estimate of drug-likeness (QED) is 0.874. The third-order valence-corrected chi connectivity index (χ3v) is 4.49. The number of ether oxygens (including phenoxy) is 2. The van der Waals surface area contributed by atoms with Crippen molar-refractivity contribution < 1.29 is 14.3 Å². The van der Waals surface area contributed by atoms with Gasteiger partial charge in [0.05, 0.1) is 19.1 Å². The number of nitrogens with zero attached hydrogens (tertiary/aromatic N) is 1. The predicted molar refractivity (Wildman–Crippen MR) is 102 cm³/mol. The van der Waals surface area contributed by atoms with Gasteiger partial charge in [-0.15, -0.1) is 12.4 Å². The summed E-state index contributed by atoms with van der Waals surface area (Å²) in [5.41, 5.74) is 1.94. The van der Waals surface area contributed by atoms with Crippen LogP contribution < -0.4 is 14.8 Å². The molecule has 3 rings (SSSR count). The monoisotopic (exact) mass is 366 g/mol. The lowest BCUT2D eigenvalue weighted by Crippen LogP contribution is -2.51. The Labute approximate surface area is 155 Å². The second-order valence-electron chi connectivity index (χ2n) is 7.60. The van der Waals surface area contributed by atoms with Gasteiger partial charge in [-0.05, 0) is 51.6 Å². The van der Waals surface area contributed by atoms with Crippen molar-refractivity contribution in [1.82, 2.24) is 10.2 Å². The lowest BCUT2D eigenvalue weighted by atomic mass is 9.86. The van der Waals surface area contributed by atoms with Gasteiger partial charge in [-0.1, -0.05) is 6.08 Å². The molecule has 0 radical (unpaired) electrons. The number of methoxy groups -OCH3 is 1. The maximum atomic E-state index is 12.6. The third-order valence-electron chi connectivity index (χ3n) is 4.49. The fraction of sp³-hybridized carbons (Fsp3) is 0.526. The number of fused-ring (bicyclic) bond motifs is 3. The molecule has 1 aromatic rings.